The molecule has 6 nitrogen and oxygen atoms in total. The van der Waals surface area contributed by atoms with Crippen LogP contribution in [0.2, 0.25) is 0 Å². The first-order valence-corrected chi connectivity index (χ1v) is 6.35. The first kappa shape index (κ1) is 13.6. The maximum Gasteiger partial charge on any atom is 0.410 e. The number of aliphatic hydroxyl groups excluding tert-OH is 1. The molecule has 0 bridgehead atoms. The van der Waals surface area contributed by atoms with E-state index in [1.807, 2.05) is 13.0 Å². The van der Waals surface area contributed by atoms with Crippen LogP contribution in [0.4, 0.5) is 4.79 Å². The summed E-state index contributed by atoms with van der Waals surface area (Å²) in [4.78, 5) is 13.5. The van der Waals surface area contributed by atoms with E-state index in [0.29, 0.717) is 13.0 Å². The van der Waals surface area contributed by atoms with Gasteiger partial charge in [0, 0.05) is 23.9 Å². The Kier molecular flexibility index (Phi) is 4.21. The summed E-state index contributed by atoms with van der Waals surface area (Å²) in [6, 6.07) is 1.79. The molecule has 0 aromatic carbocycles. The summed E-state index contributed by atoms with van der Waals surface area (Å²) < 4.78 is 5.05. The number of hydrogen-bond donors (Lipinski definition) is 2. The van der Waals surface area contributed by atoms with Crippen LogP contribution in [-0.4, -0.2) is 51.6 Å². The van der Waals surface area contributed by atoms with Crippen molar-refractivity contribution in [1.29, 1.82) is 0 Å². The van der Waals surface area contributed by atoms with E-state index < -0.39 is 12.2 Å². The van der Waals surface area contributed by atoms with Gasteiger partial charge in [-0.15, -0.1) is 0 Å². The van der Waals surface area contributed by atoms with Crippen molar-refractivity contribution in [3.63, 3.8) is 0 Å². The molecule has 0 radical (unpaired) electrons. The van der Waals surface area contributed by atoms with Gasteiger partial charge in [0.2, 0.25) is 0 Å². The summed E-state index contributed by atoms with van der Waals surface area (Å²) in [6.07, 6.45) is 2.83. The lowest BCUT2D eigenvalue weighted by Gasteiger charge is -2.27. The quantitative estimate of drug-likeness (QED) is 0.804. The van der Waals surface area contributed by atoms with Crippen LogP contribution in [0.3, 0.4) is 0 Å². The molecule has 2 heterocycles. The second kappa shape index (κ2) is 5.88. The number of ether oxygens (including phenoxy) is 1. The predicted octanol–water partition coefficient (Wildman–Crippen LogP) is 1.27. The van der Waals surface area contributed by atoms with Gasteiger partial charge in [0.25, 0.3) is 0 Å². The molecule has 19 heavy (non-hydrogen) atoms. The predicted molar refractivity (Wildman–Crippen MR) is 69.7 cm³/mol. The van der Waals surface area contributed by atoms with Crippen molar-refractivity contribution in [2.24, 2.45) is 0 Å². The SMILES string of the molecule is C=CCOC(=O)N1C[C@H](O)C[C@@H]1C(C)c1ccn[nH]1. The van der Waals surface area contributed by atoms with Gasteiger partial charge >= 0.3 is 6.09 Å². The molecule has 2 N–H and O–H groups in total. The summed E-state index contributed by atoms with van der Waals surface area (Å²) in [5, 5.41) is 16.6. The Hall–Kier alpha value is -1.82. The maximum atomic E-state index is 12.0. The molecular formula is C13H19N3O3. The Balaban J connectivity index is 2.08. The molecule has 0 aliphatic carbocycles. The Morgan fingerprint density at radius 1 is 1.84 bits per heavy atom. The van der Waals surface area contributed by atoms with Gasteiger partial charge in [-0.2, -0.15) is 5.10 Å². The van der Waals surface area contributed by atoms with E-state index in [0.717, 1.165) is 5.69 Å². The first-order chi connectivity index (χ1) is 9.13. The van der Waals surface area contributed by atoms with Crippen LogP contribution < -0.4 is 0 Å². The minimum absolute atomic E-state index is 0.0657. The van der Waals surface area contributed by atoms with Gasteiger partial charge in [0.1, 0.15) is 6.61 Å². The molecule has 1 unspecified atom stereocenters. The molecule has 1 amide bonds. The van der Waals surface area contributed by atoms with Crippen molar-refractivity contribution < 1.29 is 14.6 Å². The van der Waals surface area contributed by atoms with E-state index in [1.165, 1.54) is 6.08 Å². The van der Waals surface area contributed by atoms with Gasteiger partial charge in [0.15, 0.2) is 0 Å². The lowest BCUT2D eigenvalue weighted by atomic mass is 9.96. The Labute approximate surface area is 112 Å². The zero-order chi connectivity index (χ0) is 13.8. The van der Waals surface area contributed by atoms with Crippen LogP contribution in [-0.2, 0) is 4.74 Å². The number of rotatable bonds is 4. The Morgan fingerprint density at radius 2 is 2.63 bits per heavy atom. The van der Waals surface area contributed by atoms with E-state index in [4.69, 9.17) is 4.74 Å². The third-order valence-electron chi connectivity index (χ3n) is 3.47. The fraction of sp³-hybridized carbons (Fsp3) is 0.538. The molecule has 1 aliphatic rings. The lowest BCUT2D eigenvalue weighted by Crippen LogP contribution is -2.39. The summed E-state index contributed by atoms with van der Waals surface area (Å²) in [6.45, 7) is 6.00. The molecule has 1 saturated heterocycles. The highest BCUT2D eigenvalue weighted by Crippen LogP contribution is 2.30. The van der Waals surface area contributed by atoms with E-state index in [-0.39, 0.29) is 18.6 Å². The number of nitrogens with one attached hydrogen (secondary N) is 1. The number of H-pyrrole nitrogens is 1. The molecule has 3 atom stereocenters. The average Bonchev–Trinajstić information content (AvgIpc) is 3.04. The van der Waals surface area contributed by atoms with Gasteiger partial charge < -0.3 is 14.7 Å². The zero-order valence-corrected chi connectivity index (χ0v) is 11.0. The van der Waals surface area contributed by atoms with E-state index in [2.05, 4.69) is 16.8 Å². The van der Waals surface area contributed by atoms with Gasteiger partial charge in [0.05, 0.1) is 12.6 Å². The third kappa shape index (κ3) is 2.96. The lowest BCUT2D eigenvalue weighted by molar-refractivity contribution is 0.0990. The van der Waals surface area contributed by atoms with Gasteiger partial charge in [-0.05, 0) is 12.5 Å². The molecule has 1 fully saturated rings. The molecular weight excluding hydrogens is 246 g/mol. The zero-order valence-electron chi connectivity index (χ0n) is 11.0. The molecule has 6 heteroatoms. The van der Waals surface area contributed by atoms with Crippen molar-refractivity contribution in [3.8, 4) is 0 Å². The average molecular weight is 265 g/mol. The van der Waals surface area contributed by atoms with Crippen LogP contribution in [0.25, 0.3) is 0 Å². The monoisotopic (exact) mass is 265 g/mol. The van der Waals surface area contributed by atoms with Crippen LogP contribution in [0.5, 0.6) is 0 Å². The number of aromatic amines is 1. The number of carbonyl (C=O) groups excluding carboxylic acids is 1. The molecule has 0 spiro atoms. The fourth-order valence-corrected chi connectivity index (χ4v) is 2.47. The standard InChI is InChI=1S/C13H19N3O3/c1-3-6-19-13(18)16-8-10(17)7-12(16)9(2)11-4-5-14-15-11/h3-5,9-10,12,17H,1,6-8H2,2H3,(H,14,15)/t9?,10-,12-/m1/s1. The molecule has 0 saturated carbocycles. The largest absolute Gasteiger partial charge is 0.445 e. The van der Waals surface area contributed by atoms with Crippen molar-refractivity contribution in [2.75, 3.05) is 13.2 Å². The fourth-order valence-electron chi connectivity index (χ4n) is 2.47. The number of carbonyl (C=O) groups is 1. The highest BCUT2D eigenvalue weighted by atomic mass is 16.6. The van der Waals surface area contributed by atoms with Crippen LogP contribution >= 0.6 is 0 Å². The number of amides is 1. The summed E-state index contributed by atoms with van der Waals surface area (Å²) in [5.74, 6) is 0.0657. The Morgan fingerprint density at radius 3 is 3.26 bits per heavy atom. The van der Waals surface area contributed by atoms with Gasteiger partial charge in [-0.25, -0.2) is 4.79 Å². The minimum Gasteiger partial charge on any atom is -0.445 e. The van der Waals surface area contributed by atoms with E-state index in [1.54, 1.807) is 11.1 Å². The topological polar surface area (TPSA) is 78.4 Å². The van der Waals surface area contributed by atoms with Crippen LogP contribution in [0.1, 0.15) is 25.0 Å². The highest BCUT2D eigenvalue weighted by molar-refractivity contribution is 5.69. The minimum atomic E-state index is -0.508. The third-order valence-corrected chi connectivity index (χ3v) is 3.47. The Bertz CT molecular complexity index is 432. The van der Waals surface area contributed by atoms with Crippen molar-refractivity contribution in [1.82, 2.24) is 15.1 Å². The van der Waals surface area contributed by atoms with Gasteiger partial charge in [-0.3, -0.25) is 5.10 Å². The molecule has 104 valence electrons. The second-order valence-electron chi connectivity index (χ2n) is 4.78. The van der Waals surface area contributed by atoms with Crippen molar-refractivity contribution >= 4 is 6.09 Å². The number of hydrogen-bond acceptors (Lipinski definition) is 4. The number of aromatic nitrogens is 2. The second-order valence-corrected chi connectivity index (χ2v) is 4.78. The summed E-state index contributed by atoms with van der Waals surface area (Å²) >= 11 is 0. The molecule has 1 aromatic heterocycles. The number of likely N-dealkylation sites (tertiary alicyclic amines) is 1. The molecule has 1 aromatic rings. The van der Waals surface area contributed by atoms with E-state index >= 15 is 0 Å². The maximum absolute atomic E-state index is 12.0. The number of nitrogens with zero attached hydrogens (tertiary/aromatic N) is 2. The number of aliphatic hydroxyl groups is 1. The highest BCUT2D eigenvalue weighted by Gasteiger charge is 2.39. The molecule has 2 rings (SSSR count). The van der Waals surface area contributed by atoms with Crippen molar-refractivity contribution in [2.45, 2.75) is 31.4 Å². The van der Waals surface area contributed by atoms with Crippen LogP contribution in [0, 0.1) is 0 Å². The van der Waals surface area contributed by atoms with Crippen LogP contribution in [0.15, 0.2) is 24.9 Å². The number of β-amino-alcohol motifs (C(OH)–C–C–N with tert-alkyl or cyclic N) is 1. The smallest absolute Gasteiger partial charge is 0.410 e. The summed E-state index contributed by atoms with van der Waals surface area (Å²) in [5.41, 5.74) is 0.945. The molecule has 1 aliphatic heterocycles. The van der Waals surface area contributed by atoms with Gasteiger partial charge in [-0.1, -0.05) is 19.6 Å². The van der Waals surface area contributed by atoms with Crippen molar-refractivity contribution in [3.05, 3.63) is 30.6 Å². The first-order valence-electron chi connectivity index (χ1n) is 6.35. The van der Waals surface area contributed by atoms with E-state index in [9.17, 15) is 9.90 Å². The normalized spacial score (nSPS) is 24.2. The summed E-state index contributed by atoms with van der Waals surface area (Å²) in [7, 11) is 0.